The first-order valence-corrected chi connectivity index (χ1v) is 7.36. The second kappa shape index (κ2) is 6.68. The first kappa shape index (κ1) is 14.8. The van der Waals surface area contributed by atoms with Gasteiger partial charge in [0.05, 0.1) is 13.7 Å². The fraction of sp³-hybridized carbons (Fsp3) is 0.929. The van der Waals surface area contributed by atoms with E-state index in [1.165, 1.54) is 7.11 Å². The van der Waals surface area contributed by atoms with E-state index in [4.69, 9.17) is 9.47 Å². The number of ether oxygens (including phenoxy) is 2. The number of nitrogens with zero attached hydrogens (tertiary/aromatic N) is 1. The van der Waals surface area contributed by atoms with Gasteiger partial charge in [0.2, 0.25) is 0 Å². The highest BCUT2D eigenvalue weighted by Gasteiger charge is 2.52. The summed E-state index contributed by atoms with van der Waals surface area (Å²) in [5.74, 6) is 0.311. The zero-order valence-electron chi connectivity index (χ0n) is 12.1. The fourth-order valence-electron chi connectivity index (χ4n) is 3.01. The summed E-state index contributed by atoms with van der Waals surface area (Å²) in [5.41, 5.74) is -0.520. The van der Waals surface area contributed by atoms with Crippen molar-refractivity contribution in [2.24, 2.45) is 5.92 Å². The Balaban J connectivity index is 2.08. The molecular weight excluding hydrogens is 244 g/mol. The lowest BCUT2D eigenvalue weighted by molar-refractivity contribution is -0.150. The molecule has 0 spiro atoms. The summed E-state index contributed by atoms with van der Waals surface area (Å²) in [6.45, 7) is 7.05. The number of methoxy groups -OCH3 is 1. The van der Waals surface area contributed by atoms with E-state index in [-0.39, 0.29) is 5.97 Å². The van der Waals surface area contributed by atoms with Crippen molar-refractivity contribution < 1.29 is 14.3 Å². The van der Waals surface area contributed by atoms with Crippen molar-refractivity contribution in [3.63, 3.8) is 0 Å². The average molecular weight is 270 g/mol. The maximum absolute atomic E-state index is 12.3. The van der Waals surface area contributed by atoms with Gasteiger partial charge in [-0.2, -0.15) is 0 Å². The molecule has 110 valence electrons. The predicted octanol–water partition coefficient (Wildman–Crippen LogP) is 0.640. The molecule has 1 aliphatic carbocycles. The summed E-state index contributed by atoms with van der Waals surface area (Å²) in [5, 5.41) is 3.42. The van der Waals surface area contributed by atoms with Gasteiger partial charge in [0.1, 0.15) is 5.54 Å². The molecule has 2 fully saturated rings. The number of esters is 1. The summed E-state index contributed by atoms with van der Waals surface area (Å²) >= 11 is 0. The van der Waals surface area contributed by atoms with Crippen LogP contribution in [0.25, 0.3) is 0 Å². The number of rotatable bonds is 6. The van der Waals surface area contributed by atoms with E-state index in [1.54, 1.807) is 0 Å². The molecule has 0 aromatic rings. The minimum atomic E-state index is -0.520. The van der Waals surface area contributed by atoms with Gasteiger partial charge < -0.3 is 14.8 Å². The molecule has 1 heterocycles. The Morgan fingerprint density at radius 3 is 2.84 bits per heavy atom. The van der Waals surface area contributed by atoms with Crippen LogP contribution < -0.4 is 5.32 Å². The van der Waals surface area contributed by atoms with Crippen molar-refractivity contribution in [2.45, 2.75) is 31.7 Å². The molecular formula is C14H26N2O3. The second-order valence-corrected chi connectivity index (χ2v) is 5.51. The van der Waals surface area contributed by atoms with E-state index in [0.717, 1.165) is 58.7 Å². The predicted molar refractivity (Wildman–Crippen MR) is 73.0 cm³/mol. The summed E-state index contributed by atoms with van der Waals surface area (Å²) in [7, 11) is 1.49. The normalized spacial score (nSPS) is 24.5. The summed E-state index contributed by atoms with van der Waals surface area (Å²) in [6, 6.07) is 0. The van der Waals surface area contributed by atoms with Crippen LogP contribution in [0, 0.1) is 5.92 Å². The third-order valence-corrected chi connectivity index (χ3v) is 4.10. The van der Waals surface area contributed by atoms with Gasteiger partial charge in [-0.15, -0.1) is 0 Å². The zero-order valence-corrected chi connectivity index (χ0v) is 12.1. The minimum Gasteiger partial charge on any atom is -0.468 e. The molecule has 0 aromatic carbocycles. The Kier molecular flexibility index (Phi) is 5.19. The summed E-state index contributed by atoms with van der Waals surface area (Å²) in [6.07, 6.45) is 3.27. The molecule has 0 bridgehead atoms. The van der Waals surface area contributed by atoms with Crippen LogP contribution >= 0.6 is 0 Å². The van der Waals surface area contributed by atoms with Crippen molar-refractivity contribution in [1.82, 2.24) is 10.2 Å². The monoisotopic (exact) mass is 270 g/mol. The van der Waals surface area contributed by atoms with Gasteiger partial charge in [-0.25, -0.2) is 4.79 Å². The van der Waals surface area contributed by atoms with Gasteiger partial charge in [0, 0.05) is 26.2 Å². The van der Waals surface area contributed by atoms with E-state index in [9.17, 15) is 4.79 Å². The molecule has 1 atom stereocenters. The minimum absolute atomic E-state index is 0.109. The van der Waals surface area contributed by atoms with Gasteiger partial charge >= 0.3 is 5.97 Å². The Morgan fingerprint density at radius 2 is 2.21 bits per heavy atom. The zero-order chi connectivity index (χ0) is 13.7. The van der Waals surface area contributed by atoms with Crippen LogP contribution in [0.1, 0.15) is 26.2 Å². The fourth-order valence-corrected chi connectivity index (χ4v) is 3.01. The van der Waals surface area contributed by atoms with Gasteiger partial charge in [-0.3, -0.25) is 4.90 Å². The van der Waals surface area contributed by atoms with Gasteiger partial charge in [-0.05, 0) is 31.7 Å². The molecule has 5 heteroatoms. The molecule has 1 aliphatic heterocycles. The van der Waals surface area contributed by atoms with E-state index < -0.39 is 5.54 Å². The van der Waals surface area contributed by atoms with Crippen molar-refractivity contribution >= 4 is 5.97 Å². The number of carbonyl (C=O) groups is 1. The lowest BCUT2D eigenvalue weighted by atomic mass is 9.92. The molecule has 1 unspecified atom stereocenters. The first-order valence-electron chi connectivity index (χ1n) is 7.36. The summed E-state index contributed by atoms with van der Waals surface area (Å²) < 4.78 is 10.6. The molecule has 2 rings (SSSR count). The van der Waals surface area contributed by atoms with Crippen LogP contribution in [-0.4, -0.2) is 62.9 Å². The van der Waals surface area contributed by atoms with Crippen LogP contribution in [0.15, 0.2) is 0 Å². The maximum atomic E-state index is 12.3. The molecule has 0 radical (unpaired) electrons. The number of nitrogens with one attached hydrogen (secondary N) is 1. The molecule has 1 saturated carbocycles. The smallest absolute Gasteiger partial charge is 0.327 e. The van der Waals surface area contributed by atoms with E-state index in [2.05, 4.69) is 10.2 Å². The Hall–Kier alpha value is -0.650. The van der Waals surface area contributed by atoms with Crippen LogP contribution in [0.5, 0.6) is 0 Å². The van der Waals surface area contributed by atoms with Gasteiger partial charge in [-0.1, -0.05) is 6.92 Å². The molecule has 19 heavy (non-hydrogen) atoms. The van der Waals surface area contributed by atoms with Crippen molar-refractivity contribution in [2.75, 3.05) is 46.5 Å². The number of likely N-dealkylation sites (N-methyl/N-ethyl adjacent to an activating group) is 1. The third-order valence-electron chi connectivity index (χ3n) is 4.10. The molecule has 1 N–H and O–H groups in total. The molecule has 0 amide bonds. The SMILES string of the molecule is CCNC(CN1CCCOCC1)(C(=O)OC)C1CC1. The highest BCUT2D eigenvalue weighted by molar-refractivity contribution is 5.82. The molecule has 0 aromatic heterocycles. The Bertz CT molecular complexity index is 299. The Morgan fingerprint density at radius 1 is 1.42 bits per heavy atom. The summed E-state index contributed by atoms with van der Waals surface area (Å²) in [4.78, 5) is 14.7. The average Bonchev–Trinajstić information content (AvgIpc) is 3.24. The number of hydrogen-bond acceptors (Lipinski definition) is 5. The highest BCUT2D eigenvalue weighted by Crippen LogP contribution is 2.41. The molecule has 1 saturated heterocycles. The number of carbonyl (C=O) groups excluding carboxylic acids is 1. The van der Waals surface area contributed by atoms with E-state index in [1.807, 2.05) is 6.92 Å². The lowest BCUT2D eigenvalue weighted by Crippen LogP contribution is -2.61. The Labute approximate surface area is 115 Å². The van der Waals surface area contributed by atoms with Crippen molar-refractivity contribution in [3.8, 4) is 0 Å². The maximum Gasteiger partial charge on any atom is 0.327 e. The molecule has 2 aliphatic rings. The van der Waals surface area contributed by atoms with Crippen LogP contribution in [-0.2, 0) is 14.3 Å². The second-order valence-electron chi connectivity index (χ2n) is 5.51. The molecule has 5 nitrogen and oxygen atoms in total. The highest BCUT2D eigenvalue weighted by atomic mass is 16.5. The van der Waals surface area contributed by atoms with Gasteiger partial charge in [0.25, 0.3) is 0 Å². The lowest BCUT2D eigenvalue weighted by Gasteiger charge is -2.36. The first-order chi connectivity index (χ1) is 9.23. The van der Waals surface area contributed by atoms with Crippen molar-refractivity contribution in [3.05, 3.63) is 0 Å². The van der Waals surface area contributed by atoms with Crippen LogP contribution in [0.2, 0.25) is 0 Å². The largest absolute Gasteiger partial charge is 0.468 e. The topological polar surface area (TPSA) is 50.8 Å². The van der Waals surface area contributed by atoms with E-state index >= 15 is 0 Å². The van der Waals surface area contributed by atoms with Crippen LogP contribution in [0.3, 0.4) is 0 Å². The van der Waals surface area contributed by atoms with E-state index in [0.29, 0.717) is 5.92 Å². The standard InChI is InChI=1S/C14H26N2O3/c1-3-15-14(12-5-6-12,13(17)18-2)11-16-7-4-9-19-10-8-16/h12,15H,3-11H2,1-2H3. The third kappa shape index (κ3) is 3.46. The van der Waals surface area contributed by atoms with Crippen LogP contribution in [0.4, 0.5) is 0 Å². The number of hydrogen-bond donors (Lipinski definition) is 1. The van der Waals surface area contributed by atoms with Crippen molar-refractivity contribution in [1.29, 1.82) is 0 Å². The van der Waals surface area contributed by atoms with Gasteiger partial charge in [0.15, 0.2) is 0 Å². The quantitative estimate of drug-likeness (QED) is 0.718.